The van der Waals surface area contributed by atoms with E-state index in [-0.39, 0.29) is 11.9 Å². The molecule has 1 heterocycles. The van der Waals surface area contributed by atoms with Crippen molar-refractivity contribution in [3.63, 3.8) is 0 Å². The summed E-state index contributed by atoms with van der Waals surface area (Å²) in [5.74, 6) is -0.242. The lowest BCUT2D eigenvalue weighted by Crippen LogP contribution is -2.34. The van der Waals surface area contributed by atoms with Crippen LogP contribution in [-0.2, 0) is 0 Å². The smallest absolute Gasteiger partial charge is 0.189 e. The average Bonchev–Trinajstić information content (AvgIpc) is 3.01. The van der Waals surface area contributed by atoms with Gasteiger partial charge in [0.15, 0.2) is 5.11 Å². The van der Waals surface area contributed by atoms with Gasteiger partial charge in [-0.3, -0.25) is 0 Å². The molecule has 112 valence electrons. The van der Waals surface area contributed by atoms with Gasteiger partial charge in [0.25, 0.3) is 0 Å². The minimum atomic E-state index is -0.242. The highest BCUT2D eigenvalue weighted by Gasteiger charge is 2.30. The number of benzene rings is 2. The van der Waals surface area contributed by atoms with Gasteiger partial charge in [0.05, 0.1) is 11.8 Å². The van der Waals surface area contributed by atoms with E-state index in [4.69, 9.17) is 12.2 Å². The molecule has 1 atom stereocenters. The molecule has 1 unspecified atom stereocenters. The molecule has 0 bridgehead atoms. The van der Waals surface area contributed by atoms with E-state index in [1.807, 2.05) is 30.3 Å². The predicted octanol–water partition coefficient (Wildman–Crippen LogP) is 3.48. The van der Waals surface area contributed by atoms with E-state index in [1.165, 1.54) is 12.1 Å². The zero-order valence-electron chi connectivity index (χ0n) is 12.2. The number of hydrogen-bond donors (Lipinski definition) is 1. The van der Waals surface area contributed by atoms with E-state index in [1.54, 1.807) is 24.2 Å². The van der Waals surface area contributed by atoms with E-state index in [0.29, 0.717) is 5.11 Å². The standard InChI is InChI=1S/C17H16FN3S/c1-19-17(22)21-16(13-7-9-14(18)10-8-13)11-15(20-21)12-5-3-2-4-6-12/h2-10,16H,11H2,1H3,(H,19,22). The van der Waals surface area contributed by atoms with Crippen LogP contribution in [0.5, 0.6) is 0 Å². The second-order valence-corrected chi connectivity index (χ2v) is 5.47. The first kappa shape index (κ1) is 14.7. The number of hydrogen-bond acceptors (Lipinski definition) is 2. The fraction of sp³-hybridized carbons (Fsp3) is 0.176. The van der Waals surface area contributed by atoms with Crippen LogP contribution in [0.2, 0.25) is 0 Å². The molecule has 0 aromatic heterocycles. The van der Waals surface area contributed by atoms with Gasteiger partial charge in [-0.2, -0.15) is 5.10 Å². The van der Waals surface area contributed by atoms with Crippen LogP contribution in [0.3, 0.4) is 0 Å². The number of hydrazone groups is 1. The first-order valence-electron chi connectivity index (χ1n) is 7.08. The van der Waals surface area contributed by atoms with Gasteiger partial charge in [0.2, 0.25) is 0 Å². The third kappa shape index (κ3) is 2.85. The minimum Gasteiger partial charge on any atom is -0.364 e. The quantitative estimate of drug-likeness (QED) is 0.860. The summed E-state index contributed by atoms with van der Waals surface area (Å²) in [6.07, 6.45) is 0.734. The van der Waals surface area contributed by atoms with Crippen LogP contribution in [0, 0.1) is 5.82 Å². The maximum atomic E-state index is 13.2. The molecule has 1 aliphatic heterocycles. The topological polar surface area (TPSA) is 27.6 Å². The Morgan fingerprint density at radius 2 is 1.86 bits per heavy atom. The fourth-order valence-corrected chi connectivity index (χ4v) is 2.73. The Bertz CT molecular complexity index is 698. The maximum absolute atomic E-state index is 13.2. The van der Waals surface area contributed by atoms with Gasteiger partial charge < -0.3 is 5.32 Å². The molecule has 0 spiro atoms. The molecule has 22 heavy (non-hydrogen) atoms. The van der Waals surface area contributed by atoms with Crippen LogP contribution in [0.25, 0.3) is 0 Å². The molecule has 2 aromatic rings. The summed E-state index contributed by atoms with van der Waals surface area (Å²) in [4.78, 5) is 0. The Morgan fingerprint density at radius 1 is 1.18 bits per heavy atom. The van der Waals surface area contributed by atoms with Crippen molar-refractivity contribution in [1.82, 2.24) is 10.3 Å². The predicted molar refractivity (Wildman–Crippen MR) is 90.2 cm³/mol. The third-order valence-electron chi connectivity index (χ3n) is 3.69. The SMILES string of the molecule is CNC(=S)N1N=C(c2ccccc2)CC1c1ccc(F)cc1. The molecule has 0 saturated heterocycles. The molecule has 1 aliphatic rings. The number of halogens is 1. The lowest BCUT2D eigenvalue weighted by Gasteiger charge is -2.23. The Balaban J connectivity index is 1.94. The van der Waals surface area contributed by atoms with Gasteiger partial charge >= 0.3 is 0 Å². The second-order valence-electron chi connectivity index (χ2n) is 5.08. The monoisotopic (exact) mass is 313 g/mol. The molecule has 3 nitrogen and oxygen atoms in total. The van der Waals surface area contributed by atoms with E-state index in [0.717, 1.165) is 23.3 Å². The lowest BCUT2D eigenvalue weighted by molar-refractivity contribution is 0.366. The number of nitrogens with one attached hydrogen (secondary N) is 1. The molecule has 0 fully saturated rings. The summed E-state index contributed by atoms with van der Waals surface area (Å²) >= 11 is 5.35. The Kier molecular flexibility index (Phi) is 4.15. The highest BCUT2D eigenvalue weighted by atomic mass is 32.1. The van der Waals surface area contributed by atoms with Crippen molar-refractivity contribution in [2.75, 3.05) is 7.05 Å². The summed E-state index contributed by atoms with van der Waals surface area (Å²) < 4.78 is 13.2. The summed E-state index contributed by atoms with van der Waals surface area (Å²) in [6.45, 7) is 0. The zero-order chi connectivity index (χ0) is 15.5. The Labute approximate surface area is 134 Å². The summed E-state index contributed by atoms with van der Waals surface area (Å²) in [5.41, 5.74) is 3.05. The van der Waals surface area contributed by atoms with Crippen LogP contribution in [-0.4, -0.2) is 22.9 Å². The maximum Gasteiger partial charge on any atom is 0.189 e. The van der Waals surface area contributed by atoms with Crippen LogP contribution in [0.15, 0.2) is 59.7 Å². The third-order valence-corrected chi connectivity index (χ3v) is 4.09. The molecule has 3 rings (SSSR count). The van der Waals surface area contributed by atoms with Crippen molar-refractivity contribution in [1.29, 1.82) is 0 Å². The van der Waals surface area contributed by atoms with E-state index < -0.39 is 0 Å². The Morgan fingerprint density at radius 3 is 2.50 bits per heavy atom. The minimum absolute atomic E-state index is 0.0178. The molecular formula is C17H16FN3S. The van der Waals surface area contributed by atoms with Gasteiger partial charge in [-0.1, -0.05) is 42.5 Å². The number of rotatable bonds is 2. The average molecular weight is 313 g/mol. The molecule has 0 radical (unpaired) electrons. The van der Waals surface area contributed by atoms with E-state index >= 15 is 0 Å². The van der Waals surface area contributed by atoms with Crippen molar-refractivity contribution in [2.45, 2.75) is 12.5 Å². The van der Waals surface area contributed by atoms with Crippen LogP contribution in [0.4, 0.5) is 4.39 Å². The van der Waals surface area contributed by atoms with Gasteiger partial charge in [-0.15, -0.1) is 0 Å². The number of nitrogens with zero attached hydrogens (tertiary/aromatic N) is 2. The van der Waals surface area contributed by atoms with E-state index in [2.05, 4.69) is 10.4 Å². The molecule has 2 aromatic carbocycles. The van der Waals surface area contributed by atoms with Crippen molar-refractivity contribution >= 4 is 23.0 Å². The summed E-state index contributed by atoms with van der Waals surface area (Å²) in [7, 11) is 1.78. The molecule has 5 heteroatoms. The normalized spacial score (nSPS) is 17.3. The Hall–Kier alpha value is -2.27. The zero-order valence-corrected chi connectivity index (χ0v) is 13.0. The second kappa shape index (κ2) is 6.23. The summed E-state index contributed by atoms with van der Waals surface area (Å²) in [5, 5.41) is 9.98. The first-order valence-corrected chi connectivity index (χ1v) is 7.49. The van der Waals surface area contributed by atoms with Crippen molar-refractivity contribution in [2.24, 2.45) is 5.10 Å². The van der Waals surface area contributed by atoms with Crippen LogP contribution < -0.4 is 5.32 Å². The number of thiocarbonyl (C=S) groups is 1. The van der Waals surface area contributed by atoms with Gasteiger partial charge in [-0.25, -0.2) is 9.40 Å². The molecule has 0 saturated carbocycles. The highest BCUT2D eigenvalue weighted by molar-refractivity contribution is 7.80. The fourth-order valence-electron chi connectivity index (χ4n) is 2.56. The highest BCUT2D eigenvalue weighted by Crippen LogP contribution is 2.32. The first-order chi connectivity index (χ1) is 10.7. The van der Waals surface area contributed by atoms with Gasteiger partial charge in [-0.05, 0) is 35.5 Å². The van der Waals surface area contributed by atoms with Gasteiger partial charge in [0, 0.05) is 13.5 Å². The van der Waals surface area contributed by atoms with Gasteiger partial charge in [0.1, 0.15) is 5.82 Å². The van der Waals surface area contributed by atoms with Crippen LogP contribution in [0.1, 0.15) is 23.6 Å². The molecule has 1 N–H and O–H groups in total. The van der Waals surface area contributed by atoms with Crippen LogP contribution >= 0.6 is 12.2 Å². The molecular weight excluding hydrogens is 297 g/mol. The largest absolute Gasteiger partial charge is 0.364 e. The van der Waals surface area contributed by atoms with Crippen molar-refractivity contribution < 1.29 is 4.39 Å². The van der Waals surface area contributed by atoms with Crippen molar-refractivity contribution in [3.8, 4) is 0 Å². The van der Waals surface area contributed by atoms with E-state index in [9.17, 15) is 4.39 Å². The molecule has 0 amide bonds. The summed E-state index contributed by atoms with van der Waals surface area (Å²) in [6, 6.07) is 16.5. The lowest BCUT2D eigenvalue weighted by atomic mass is 9.98. The molecule has 0 aliphatic carbocycles. The van der Waals surface area contributed by atoms with Crippen molar-refractivity contribution in [3.05, 3.63) is 71.5 Å².